The minimum Gasteiger partial charge on any atom is -0.491 e. The van der Waals surface area contributed by atoms with Gasteiger partial charge >= 0.3 is 0 Å². The Morgan fingerprint density at radius 1 is 1.17 bits per heavy atom. The standard InChI is InChI=1S/C16H24N2O3S.ClH/c1-11(2)21-13-4-6-14(7-5-13)22(19,20)18-9-12-3-8-16(17)15(12)10-18;/h4-7,11-12,15-16H,3,8-10,17H2,1-2H3;1H. The molecule has 0 spiro atoms. The van der Waals surface area contributed by atoms with Gasteiger partial charge in [0, 0.05) is 19.1 Å². The van der Waals surface area contributed by atoms with E-state index in [1.165, 1.54) is 0 Å². The fraction of sp³-hybridized carbons (Fsp3) is 0.625. The van der Waals surface area contributed by atoms with Gasteiger partial charge in [-0.05, 0) is 62.8 Å². The van der Waals surface area contributed by atoms with Crippen LogP contribution in [-0.4, -0.2) is 38.0 Å². The van der Waals surface area contributed by atoms with E-state index in [9.17, 15) is 8.42 Å². The highest BCUT2D eigenvalue weighted by Gasteiger charge is 2.44. The molecule has 0 radical (unpaired) electrons. The van der Waals surface area contributed by atoms with Crippen LogP contribution in [0.5, 0.6) is 5.75 Å². The Hall–Kier alpha value is -0.820. The lowest BCUT2D eigenvalue weighted by Gasteiger charge is -2.19. The lowest BCUT2D eigenvalue weighted by molar-refractivity contribution is 0.242. The molecular formula is C16H25ClN2O3S. The van der Waals surface area contributed by atoms with E-state index >= 15 is 0 Å². The number of benzene rings is 1. The van der Waals surface area contributed by atoms with Crippen molar-refractivity contribution in [2.45, 2.75) is 43.7 Å². The van der Waals surface area contributed by atoms with Gasteiger partial charge in [0.15, 0.2) is 0 Å². The van der Waals surface area contributed by atoms with Gasteiger partial charge in [0.05, 0.1) is 11.0 Å². The summed E-state index contributed by atoms with van der Waals surface area (Å²) in [7, 11) is -3.43. The molecule has 1 aromatic rings. The Bertz CT molecular complexity index is 633. The summed E-state index contributed by atoms with van der Waals surface area (Å²) in [5, 5.41) is 0. The molecule has 1 aliphatic carbocycles. The molecule has 2 aliphatic rings. The molecule has 23 heavy (non-hydrogen) atoms. The Kier molecular flexibility index (Phi) is 5.61. The molecule has 2 fully saturated rings. The van der Waals surface area contributed by atoms with E-state index in [-0.39, 0.29) is 24.6 Å². The Labute approximate surface area is 144 Å². The summed E-state index contributed by atoms with van der Waals surface area (Å²) in [6.45, 7) is 5.04. The largest absolute Gasteiger partial charge is 0.491 e. The van der Waals surface area contributed by atoms with E-state index in [2.05, 4.69) is 0 Å². The van der Waals surface area contributed by atoms with Crippen molar-refractivity contribution in [2.75, 3.05) is 13.1 Å². The first-order valence-electron chi connectivity index (χ1n) is 7.90. The monoisotopic (exact) mass is 360 g/mol. The number of nitrogens with zero attached hydrogens (tertiary/aromatic N) is 1. The van der Waals surface area contributed by atoms with E-state index in [1.54, 1.807) is 28.6 Å². The van der Waals surface area contributed by atoms with Crippen molar-refractivity contribution in [3.8, 4) is 5.75 Å². The van der Waals surface area contributed by atoms with E-state index in [0.717, 1.165) is 12.8 Å². The molecule has 3 unspecified atom stereocenters. The van der Waals surface area contributed by atoms with Gasteiger partial charge < -0.3 is 10.5 Å². The normalized spacial score (nSPS) is 27.7. The lowest BCUT2D eigenvalue weighted by Crippen LogP contribution is -2.33. The number of halogens is 1. The molecule has 2 N–H and O–H groups in total. The number of hydrogen-bond acceptors (Lipinski definition) is 4. The number of ether oxygens (including phenoxy) is 1. The van der Waals surface area contributed by atoms with E-state index < -0.39 is 10.0 Å². The zero-order valence-electron chi connectivity index (χ0n) is 13.5. The Balaban J connectivity index is 0.00000192. The molecule has 1 saturated heterocycles. The molecule has 5 nitrogen and oxygen atoms in total. The summed E-state index contributed by atoms with van der Waals surface area (Å²) in [6.07, 6.45) is 2.13. The lowest BCUT2D eigenvalue weighted by atomic mass is 9.98. The first-order valence-corrected chi connectivity index (χ1v) is 9.34. The van der Waals surface area contributed by atoms with Gasteiger partial charge in [-0.3, -0.25) is 0 Å². The zero-order valence-corrected chi connectivity index (χ0v) is 15.1. The number of rotatable bonds is 4. The van der Waals surface area contributed by atoms with Gasteiger partial charge in [-0.15, -0.1) is 12.4 Å². The molecule has 130 valence electrons. The van der Waals surface area contributed by atoms with Crippen molar-refractivity contribution >= 4 is 22.4 Å². The second-order valence-electron chi connectivity index (χ2n) is 6.63. The fourth-order valence-corrected chi connectivity index (χ4v) is 5.11. The number of hydrogen-bond donors (Lipinski definition) is 1. The molecule has 1 aliphatic heterocycles. The van der Waals surface area contributed by atoms with Crippen LogP contribution in [0.2, 0.25) is 0 Å². The van der Waals surface area contributed by atoms with Crippen molar-refractivity contribution < 1.29 is 13.2 Å². The minimum atomic E-state index is -3.43. The molecule has 0 aromatic heterocycles. The van der Waals surface area contributed by atoms with Crippen molar-refractivity contribution in [1.82, 2.24) is 4.31 Å². The van der Waals surface area contributed by atoms with Crippen molar-refractivity contribution in [3.63, 3.8) is 0 Å². The van der Waals surface area contributed by atoms with Crippen LogP contribution < -0.4 is 10.5 Å². The highest BCUT2D eigenvalue weighted by molar-refractivity contribution is 7.89. The highest BCUT2D eigenvalue weighted by Crippen LogP contribution is 2.39. The van der Waals surface area contributed by atoms with Crippen LogP contribution in [0.15, 0.2) is 29.2 Å². The van der Waals surface area contributed by atoms with Crippen LogP contribution in [0, 0.1) is 11.8 Å². The van der Waals surface area contributed by atoms with Gasteiger partial charge in [-0.2, -0.15) is 4.31 Å². The zero-order chi connectivity index (χ0) is 15.9. The molecule has 7 heteroatoms. The minimum absolute atomic E-state index is 0. The summed E-state index contributed by atoms with van der Waals surface area (Å²) in [5.74, 6) is 1.43. The third kappa shape index (κ3) is 3.65. The smallest absolute Gasteiger partial charge is 0.243 e. The molecule has 3 atom stereocenters. The summed E-state index contributed by atoms with van der Waals surface area (Å²) in [5.41, 5.74) is 6.09. The van der Waals surface area contributed by atoms with E-state index in [1.807, 2.05) is 13.8 Å². The van der Waals surface area contributed by atoms with E-state index in [4.69, 9.17) is 10.5 Å². The third-order valence-electron chi connectivity index (χ3n) is 4.71. The number of nitrogens with two attached hydrogens (primary N) is 1. The van der Waals surface area contributed by atoms with Gasteiger partial charge in [0.2, 0.25) is 10.0 Å². The first kappa shape index (κ1) is 18.5. The van der Waals surface area contributed by atoms with Crippen LogP contribution in [0.1, 0.15) is 26.7 Å². The summed E-state index contributed by atoms with van der Waals surface area (Å²) in [6, 6.07) is 6.83. The first-order chi connectivity index (χ1) is 10.4. The predicted octanol–water partition coefficient (Wildman–Crippen LogP) is 2.25. The summed E-state index contributed by atoms with van der Waals surface area (Å²) >= 11 is 0. The molecule has 1 heterocycles. The molecular weight excluding hydrogens is 336 g/mol. The third-order valence-corrected chi connectivity index (χ3v) is 6.56. The second kappa shape index (κ2) is 6.97. The Morgan fingerprint density at radius 2 is 1.83 bits per heavy atom. The fourth-order valence-electron chi connectivity index (χ4n) is 3.57. The molecule has 1 saturated carbocycles. The number of sulfonamides is 1. The highest BCUT2D eigenvalue weighted by atomic mass is 35.5. The number of fused-ring (bicyclic) bond motifs is 1. The summed E-state index contributed by atoms with van der Waals surface area (Å²) < 4.78 is 32.7. The van der Waals surface area contributed by atoms with Crippen LogP contribution >= 0.6 is 12.4 Å². The average molecular weight is 361 g/mol. The van der Waals surface area contributed by atoms with Crippen LogP contribution in [0.25, 0.3) is 0 Å². The predicted molar refractivity (Wildman–Crippen MR) is 92.4 cm³/mol. The average Bonchev–Trinajstić information content (AvgIpc) is 3.02. The van der Waals surface area contributed by atoms with Crippen LogP contribution in [0.3, 0.4) is 0 Å². The summed E-state index contributed by atoms with van der Waals surface area (Å²) in [4.78, 5) is 0.331. The van der Waals surface area contributed by atoms with Crippen LogP contribution in [-0.2, 0) is 10.0 Å². The van der Waals surface area contributed by atoms with Crippen molar-refractivity contribution in [1.29, 1.82) is 0 Å². The van der Waals surface area contributed by atoms with Crippen LogP contribution in [0.4, 0.5) is 0 Å². The topological polar surface area (TPSA) is 72.6 Å². The maximum atomic E-state index is 12.8. The molecule has 0 bridgehead atoms. The Morgan fingerprint density at radius 3 is 2.39 bits per heavy atom. The van der Waals surface area contributed by atoms with Gasteiger partial charge in [-0.25, -0.2) is 8.42 Å². The molecule has 0 amide bonds. The van der Waals surface area contributed by atoms with E-state index in [0.29, 0.717) is 35.6 Å². The maximum absolute atomic E-state index is 12.8. The van der Waals surface area contributed by atoms with Gasteiger partial charge in [0.1, 0.15) is 5.75 Å². The van der Waals surface area contributed by atoms with Crippen molar-refractivity contribution in [2.24, 2.45) is 17.6 Å². The van der Waals surface area contributed by atoms with Gasteiger partial charge in [0.25, 0.3) is 0 Å². The molecule has 3 rings (SSSR count). The maximum Gasteiger partial charge on any atom is 0.243 e. The SMILES string of the molecule is CC(C)Oc1ccc(S(=O)(=O)N2CC3CCC(N)C3C2)cc1.Cl. The van der Waals surface area contributed by atoms with Crippen molar-refractivity contribution in [3.05, 3.63) is 24.3 Å². The second-order valence-corrected chi connectivity index (χ2v) is 8.56. The quantitative estimate of drug-likeness (QED) is 0.893. The molecule has 1 aromatic carbocycles. The van der Waals surface area contributed by atoms with Gasteiger partial charge in [-0.1, -0.05) is 0 Å².